The molecule has 6 heteroatoms. The lowest BCUT2D eigenvalue weighted by atomic mass is 10.2. The molecule has 0 fully saturated rings. The van der Waals surface area contributed by atoms with Gasteiger partial charge in [0.15, 0.2) is 0 Å². The Balaban J connectivity index is 1.67. The number of benzene rings is 2. The highest BCUT2D eigenvalue weighted by Gasteiger charge is 2.15. The zero-order chi connectivity index (χ0) is 18.5. The second-order valence-corrected chi connectivity index (χ2v) is 5.80. The molecule has 0 saturated heterocycles. The van der Waals surface area contributed by atoms with Crippen LogP contribution in [0.25, 0.3) is 11.5 Å². The van der Waals surface area contributed by atoms with Gasteiger partial charge in [-0.25, -0.2) is 9.37 Å². The number of ether oxygens (including phenoxy) is 1. The summed E-state index contributed by atoms with van der Waals surface area (Å²) in [6, 6.07) is 13.7. The molecule has 26 heavy (non-hydrogen) atoms. The molecule has 1 amide bonds. The minimum atomic E-state index is -0.342. The Morgan fingerprint density at radius 2 is 2.04 bits per heavy atom. The molecule has 0 aliphatic heterocycles. The molecule has 0 saturated carbocycles. The summed E-state index contributed by atoms with van der Waals surface area (Å²) in [7, 11) is 1.59. The Kier molecular flexibility index (Phi) is 5.31. The number of amides is 1. The molecule has 1 heterocycles. The van der Waals surface area contributed by atoms with Crippen LogP contribution in [-0.2, 0) is 17.8 Å². The summed E-state index contributed by atoms with van der Waals surface area (Å²) in [4.78, 5) is 16.6. The van der Waals surface area contributed by atoms with Gasteiger partial charge in [-0.3, -0.25) is 4.79 Å². The Hall–Kier alpha value is -3.15. The number of carbonyl (C=O) groups excluding carboxylic acids is 1. The van der Waals surface area contributed by atoms with E-state index in [0.29, 0.717) is 28.7 Å². The molecule has 1 aromatic heterocycles. The SMILES string of the molecule is COc1cccc(-c2nc(CC(=O)NCc3ccccc3F)c(C)o2)c1. The number of hydrogen-bond acceptors (Lipinski definition) is 4. The maximum atomic E-state index is 13.6. The smallest absolute Gasteiger partial charge is 0.226 e. The topological polar surface area (TPSA) is 64.4 Å². The molecule has 0 aliphatic rings. The van der Waals surface area contributed by atoms with Crippen molar-refractivity contribution in [1.29, 1.82) is 0 Å². The molecule has 3 aromatic rings. The van der Waals surface area contributed by atoms with Crippen LogP contribution < -0.4 is 10.1 Å². The Morgan fingerprint density at radius 3 is 2.81 bits per heavy atom. The largest absolute Gasteiger partial charge is 0.497 e. The van der Waals surface area contributed by atoms with Gasteiger partial charge in [-0.05, 0) is 31.2 Å². The number of rotatable bonds is 6. The molecule has 0 bridgehead atoms. The lowest BCUT2D eigenvalue weighted by Crippen LogP contribution is -2.25. The van der Waals surface area contributed by atoms with Gasteiger partial charge in [0.25, 0.3) is 0 Å². The number of nitrogens with zero attached hydrogens (tertiary/aromatic N) is 1. The van der Waals surface area contributed by atoms with E-state index in [9.17, 15) is 9.18 Å². The van der Waals surface area contributed by atoms with Gasteiger partial charge in [0, 0.05) is 17.7 Å². The number of carbonyl (C=O) groups is 1. The molecule has 0 radical (unpaired) electrons. The van der Waals surface area contributed by atoms with Crippen molar-refractivity contribution >= 4 is 5.91 Å². The van der Waals surface area contributed by atoms with Crippen LogP contribution in [0.3, 0.4) is 0 Å². The minimum Gasteiger partial charge on any atom is -0.497 e. The number of methoxy groups -OCH3 is 1. The number of aryl methyl sites for hydroxylation is 1. The van der Waals surface area contributed by atoms with E-state index in [1.54, 1.807) is 32.2 Å². The molecular formula is C20H19FN2O3. The molecular weight excluding hydrogens is 335 g/mol. The van der Waals surface area contributed by atoms with Crippen molar-refractivity contribution < 1.29 is 18.3 Å². The lowest BCUT2D eigenvalue weighted by molar-refractivity contribution is -0.120. The first-order valence-corrected chi connectivity index (χ1v) is 8.17. The van der Waals surface area contributed by atoms with Crippen molar-refractivity contribution in [3.8, 4) is 17.2 Å². The summed E-state index contributed by atoms with van der Waals surface area (Å²) in [5.41, 5.74) is 1.76. The van der Waals surface area contributed by atoms with Gasteiger partial charge < -0.3 is 14.5 Å². The highest BCUT2D eigenvalue weighted by Crippen LogP contribution is 2.25. The summed E-state index contributed by atoms with van der Waals surface area (Å²) < 4.78 is 24.5. The Morgan fingerprint density at radius 1 is 1.23 bits per heavy atom. The number of oxazole rings is 1. The molecule has 0 atom stereocenters. The first-order chi connectivity index (χ1) is 12.6. The van der Waals surface area contributed by atoms with Crippen molar-refractivity contribution in [2.75, 3.05) is 7.11 Å². The number of nitrogens with one attached hydrogen (secondary N) is 1. The standard InChI is InChI=1S/C20H19FN2O3/c1-13-18(11-19(24)22-12-15-6-3-4-9-17(15)21)23-20(26-13)14-7-5-8-16(10-14)25-2/h3-10H,11-12H2,1-2H3,(H,22,24). The second kappa shape index (κ2) is 7.82. The van der Waals surface area contributed by atoms with Gasteiger partial charge in [0.05, 0.1) is 19.2 Å². The zero-order valence-corrected chi connectivity index (χ0v) is 14.6. The summed E-state index contributed by atoms with van der Waals surface area (Å²) in [6.07, 6.45) is 0.0632. The van der Waals surface area contributed by atoms with E-state index < -0.39 is 0 Å². The van der Waals surface area contributed by atoms with E-state index in [1.165, 1.54) is 6.07 Å². The van der Waals surface area contributed by atoms with E-state index in [1.807, 2.05) is 24.3 Å². The Bertz CT molecular complexity index is 921. The normalized spacial score (nSPS) is 10.6. The maximum absolute atomic E-state index is 13.6. The third-order valence-corrected chi connectivity index (χ3v) is 3.97. The van der Waals surface area contributed by atoms with Gasteiger partial charge in [0.2, 0.25) is 11.8 Å². The van der Waals surface area contributed by atoms with Gasteiger partial charge in [-0.15, -0.1) is 0 Å². The van der Waals surface area contributed by atoms with E-state index in [-0.39, 0.29) is 24.7 Å². The quantitative estimate of drug-likeness (QED) is 0.734. The van der Waals surface area contributed by atoms with E-state index >= 15 is 0 Å². The monoisotopic (exact) mass is 354 g/mol. The molecule has 0 spiro atoms. The fourth-order valence-corrected chi connectivity index (χ4v) is 2.52. The van der Waals surface area contributed by atoms with Crippen LogP contribution in [-0.4, -0.2) is 18.0 Å². The molecule has 1 N–H and O–H groups in total. The summed E-state index contributed by atoms with van der Waals surface area (Å²) >= 11 is 0. The van der Waals surface area contributed by atoms with Crippen LogP contribution in [0.2, 0.25) is 0 Å². The van der Waals surface area contributed by atoms with Crippen molar-refractivity contribution in [2.24, 2.45) is 0 Å². The predicted octanol–water partition coefficient (Wildman–Crippen LogP) is 3.66. The third kappa shape index (κ3) is 4.08. The third-order valence-electron chi connectivity index (χ3n) is 3.97. The van der Waals surface area contributed by atoms with Gasteiger partial charge in [-0.1, -0.05) is 24.3 Å². The van der Waals surface area contributed by atoms with Gasteiger partial charge >= 0.3 is 0 Å². The van der Waals surface area contributed by atoms with Crippen molar-refractivity contribution in [3.05, 3.63) is 71.4 Å². The molecule has 5 nitrogen and oxygen atoms in total. The fraction of sp³-hybridized carbons (Fsp3) is 0.200. The first-order valence-electron chi connectivity index (χ1n) is 8.17. The van der Waals surface area contributed by atoms with E-state index in [0.717, 1.165) is 5.56 Å². The Labute approximate surface area is 150 Å². The zero-order valence-electron chi connectivity index (χ0n) is 14.6. The molecule has 134 valence electrons. The molecule has 3 rings (SSSR count). The highest BCUT2D eigenvalue weighted by atomic mass is 19.1. The number of aromatic nitrogens is 1. The van der Waals surface area contributed by atoms with Crippen molar-refractivity contribution in [1.82, 2.24) is 10.3 Å². The second-order valence-electron chi connectivity index (χ2n) is 5.80. The lowest BCUT2D eigenvalue weighted by Gasteiger charge is -2.05. The summed E-state index contributed by atoms with van der Waals surface area (Å²) in [5.74, 6) is 1.11. The van der Waals surface area contributed by atoms with Crippen LogP contribution in [0.15, 0.2) is 52.9 Å². The van der Waals surface area contributed by atoms with Crippen LogP contribution >= 0.6 is 0 Å². The fourth-order valence-electron chi connectivity index (χ4n) is 2.52. The van der Waals surface area contributed by atoms with Gasteiger partial charge in [0.1, 0.15) is 17.3 Å². The maximum Gasteiger partial charge on any atom is 0.226 e. The summed E-state index contributed by atoms with van der Waals surface area (Å²) in [5, 5.41) is 2.70. The van der Waals surface area contributed by atoms with Gasteiger partial charge in [-0.2, -0.15) is 0 Å². The van der Waals surface area contributed by atoms with E-state index in [4.69, 9.17) is 9.15 Å². The van der Waals surface area contributed by atoms with Crippen LogP contribution in [0.5, 0.6) is 5.75 Å². The number of halogens is 1. The van der Waals surface area contributed by atoms with Crippen molar-refractivity contribution in [3.63, 3.8) is 0 Å². The average molecular weight is 354 g/mol. The average Bonchev–Trinajstić information content (AvgIpc) is 3.01. The molecule has 2 aromatic carbocycles. The number of hydrogen-bond donors (Lipinski definition) is 1. The van der Waals surface area contributed by atoms with E-state index in [2.05, 4.69) is 10.3 Å². The predicted molar refractivity (Wildman–Crippen MR) is 95.2 cm³/mol. The summed E-state index contributed by atoms with van der Waals surface area (Å²) in [6.45, 7) is 1.89. The van der Waals surface area contributed by atoms with Crippen molar-refractivity contribution in [2.45, 2.75) is 19.9 Å². The highest BCUT2D eigenvalue weighted by molar-refractivity contribution is 5.78. The van der Waals surface area contributed by atoms with Crippen LogP contribution in [0, 0.1) is 12.7 Å². The van der Waals surface area contributed by atoms with Crippen LogP contribution in [0.4, 0.5) is 4.39 Å². The molecule has 0 aliphatic carbocycles. The molecule has 0 unspecified atom stereocenters. The first kappa shape index (κ1) is 17.7. The van der Waals surface area contributed by atoms with Crippen LogP contribution in [0.1, 0.15) is 17.0 Å². The minimum absolute atomic E-state index is 0.0632.